The minimum atomic E-state index is -0.489. The summed E-state index contributed by atoms with van der Waals surface area (Å²) in [5.74, 6) is -0.0990. The van der Waals surface area contributed by atoms with Gasteiger partial charge in [0.15, 0.2) is 0 Å². The zero-order valence-corrected chi connectivity index (χ0v) is 11.1. The Morgan fingerprint density at radius 2 is 1.82 bits per heavy atom. The molecule has 0 radical (unpaired) electrons. The van der Waals surface area contributed by atoms with E-state index in [1.54, 1.807) is 0 Å². The van der Waals surface area contributed by atoms with Gasteiger partial charge >= 0.3 is 0 Å². The van der Waals surface area contributed by atoms with E-state index in [0.29, 0.717) is 6.42 Å². The molecule has 0 heterocycles. The highest BCUT2D eigenvalue weighted by Crippen LogP contribution is 2.06. The van der Waals surface area contributed by atoms with E-state index in [4.69, 9.17) is 5.73 Å². The van der Waals surface area contributed by atoms with Crippen molar-refractivity contribution in [3.8, 4) is 0 Å². The first-order valence-electron chi connectivity index (χ1n) is 5.91. The number of nitrogens with two attached hydrogens (primary N) is 1. The number of amides is 1. The molecule has 1 rings (SSSR count). The van der Waals surface area contributed by atoms with Crippen LogP contribution >= 0.6 is 0 Å². The van der Waals surface area contributed by atoms with Gasteiger partial charge in [-0.1, -0.05) is 29.8 Å². The minimum absolute atomic E-state index is 0.0990. The molecule has 0 fully saturated rings. The third kappa shape index (κ3) is 5.00. The molecule has 3 N–H and O–H groups in total. The van der Waals surface area contributed by atoms with Crippen molar-refractivity contribution in [2.45, 2.75) is 45.7 Å². The number of aryl methyl sites for hydroxylation is 1. The van der Waals surface area contributed by atoms with Gasteiger partial charge in [0, 0.05) is 5.54 Å². The lowest BCUT2D eigenvalue weighted by Gasteiger charge is -2.23. The van der Waals surface area contributed by atoms with Crippen LogP contribution in [0.2, 0.25) is 0 Å². The Morgan fingerprint density at radius 1 is 1.29 bits per heavy atom. The zero-order valence-electron chi connectivity index (χ0n) is 11.1. The van der Waals surface area contributed by atoms with E-state index in [2.05, 4.69) is 5.32 Å². The molecular formula is C14H22N2O. The van der Waals surface area contributed by atoms with Crippen molar-refractivity contribution in [1.82, 2.24) is 5.32 Å². The monoisotopic (exact) mass is 234 g/mol. The van der Waals surface area contributed by atoms with Crippen molar-refractivity contribution in [3.05, 3.63) is 35.4 Å². The summed E-state index contributed by atoms with van der Waals surface area (Å²) in [7, 11) is 0. The first-order chi connectivity index (χ1) is 7.78. The van der Waals surface area contributed by atoms with Crippen LogP contribution in [0, 0.1) is 6.92 Å². The molecule has 0 saturated carbocycles. The lowest BCUT2D eigenvalue weighted by molar-refractivity contribution is -0.123. The zero-order chi connectivity index (χ0) is 13.1. The maximum atomic E-state index is 11.8. The van der Waals surface area contributed by atoms with Crippen molar-refractivity contribution in [2.24, 2.45) is 5.73 Å². The van der Waals surface area contributed by atoms with Gasteiger partial charge in [0.2, 0.25) is 5.91 Å². The van der Waals surface area contributed by atoms with Gasteiger partial charge in [-0.05, 0) is 39.7 Å². The summed E-state index contributed by atoms with van der Waals surface area (Å²) in [6.07, 6.45) is 0.572. The number of hydrogen-bond donors (Lipinski definition) is 2. The van der Waals surface area contributed by atoms with Crippen LogP contribution in [0.15, 0.2) is 24.3 Å². The molecule has 0 aliphatic heterocycles. The third-order valence-electron chi connectivity index (χ3n) is 2.41. The molecule has 1 aromatic carbocycles. The fourth-order valence-corrected chi connectivity index (χ4v) is 1.53. The van der Waals surface area contributed by atoms with Crippen molar-refractivity contribution in [2.75, 3.05) is 0 Å². The van der Waals surface area contributed by atoms with Crippen LogP contribution in [0.4, 0.5) is 0 Å². The second-order valence-electron chi connectivity index (χ2n) is 5.54. The third-order valence-corrected chi connectivity index (χ3v) is 2.41. The smallest absolute Gasteiger partial charge is 0.237 e. The van der Waals surface area contributed by atoms with E-state index in [0.717, 1.165) is 5.56 Å². The number of nitrogens with one attached hydrogen (secondary N) is 1. The molecule has 0 bridgehead atoms. The molecule has 94 valence electrons. The van der Waals surface area contributed by atoms with Crippen LogP contribution < -0.4 is 11.1 Å². The second kappa shape index (κ2) is 5.32. The van der Waals surface area contributed by atoms with Crippen molar-refractivity contribution >= 4 is 5.91 Å². The standard InChI is InChI=1S/C14H22N2O/c1-10-5-7-11(8-6-10)9-12(15)13(17)16-14(2,3)4/h5-8,12H,9,15H2,1-4H3,(H,16,17)/t12-/m0/s1. The highest BCUT2D eigenvalue weighted by molar-refractivity contribution is 5.82. The Hall–Kier alpha value is -1.35. The van der Waals surface area contributed by atoms with Crippen LogP contribution in [-0.2, 0) is 11.2 Å². The van der Waals surface area contributed by atoms with Gasteiger partial charge in [-0.2, -0.15) is 0 Å². The highest BCUT2D eigenvalue weighted by Gasteiger charge is 2.19. The van der Waals surface area contributed by atoms with Crippen molar-refractivity contribution in [1.29, 1.82) is 0 Å². The minimum Gasteiger partial charge on any atom is -0.350 e. The van der Waals surface area contributed by atoms with E-state index in [-0.39, 0.29) is 11.4 Å². The van der Waals surface area contributed by atoms with E-state index in [9.17, 15) is 4.79 Å². The molecule has 1 amide bonds. The summed E-state index contributed by atoms with van der Waals surface area (Å²) in [5, 5.41) is 2.89. The molecule has 0 aromatic heterocycles. The molecule has 1 aromatic rings. The molecule has 0 saturated heterocycles. The summed E-state index contributed by atoms with van der Waals surface area (Å²) in [4.78, 5) is 11.8. The Morgan fingerprint density at radius 3 is 2.29 bits per heavy atom. The molecule has 17 heavy (non-hydrogen) atoms. The summed E-state index contributed by atoms with van der Waals surface area (Å²) >= 11 is 0. The van der Waals surface area contributed by atoms with Gasteiger partial charge < -0.3 is 11.1 Å². The predicted molar refractivity (Wildman–Crippen MR) is 70.8 cm³/mol. The first kappa shape index (κ1) is 13.7. The molecule has 0 aliphatic rings. The van der Waals surface area contributed by atoms with Crippen LogP contribution in [-0.4, -0.2) is 17.5 Å². The van der Waals surface area contributed by atoms with Crippen molar-refractivity contribution < 1.29 is 4.79 Å². The average Bonchev–Trinajstić information content (AvgIpc) is 2.19. The average molecular weight is 234 g/mol. The molecule has 3 heteroatoms. The Bertz CT molecular complexity index is 376. The quantitative estimate of drug-likeness (QED) is 0.837. The van der Waals surface area contributed by atoms with E-state index in [1.165, 1.54) is 5.56 Å². The second-order valence-corrected chi connectivity index (χ2v) is 5.54. The largest absolute Gasteiger partial charge is 0.350 e. The van der Waals surface area contributed by atoms with Crippen LogP contribution in [0.1, 0.15) is 31.9 Å². The maximum Gasteiger partial charge on any atom is 0.237 e. The predicted octanol–water partition coefficient (Wildman–Crippen LogP) is 1.78. The van der Waals surface area contributed by atoms with Crippen LogP contribution in [0.3, 0.4) is 0 Å². The van der Waals surface area contributed by atoms with Crippen LogP contribution in [0.25, 0.3) is 0 Å². The van der Waals surface area contributed by atoms with Gasteiger partial charge in [0.25, 0.3) is 0 Å². The lowest BCUT2D eigenvalue weighted by atomic mass is 10.0. The first-order valence-corrected chi connectivity index (χ1v) is 5.91. The SMILES string of the molecule is Cc1ccc(C[C@H](N)C(=O)NC(C)(C)C)cc1. The van der Waals surface area contributed by atoms with Gasteiger partial charge in [-0.25, -0.2) is 0 Å². The number of carbonyl (C=O) groups excluding carboxylic acids is 1. The fraction of sp³-hybridized carbons (Fsp3) is 0.500. The normalized spacial score (nSPS) is 13.2. The van der Waals surface area contributed by atoms with E-state index in [1.807, 2.05) is 52.0 Å². The summed E-state index contributed by atoms with van der Waals surface area (Å²) in [6.45, 7) is 7.88. The molecular weight excluding hydrogens is 212 g/mol. The molecule has 0 unspecified atom stereocenters. The molecule has 3 nitrogen and oxygen atoms in total. The molecule has 0 spiro atoms. The van der Waals surface area contributed by atoms with Gasteiger partial charge in [0.05, 0.1) is 6.04 Å². The summed E-state index contributed by atoms with van der Waals surface area (Å²) in [6, 6.07) is 7.60. The summed E-state index contributed by atoms with van der Waals surface area (Å²) < 4.78 is 0. The Labute approximate surface area is 103 Å². The van der Waals surface area contributed by atoms with E-state index >= 15 is 0 Å². The Kier molecular flexibility index (Phi) is 4.29. The summed E-state index contributed by atoms with van der Waals surface area (Å²) in [5.41, 5.74) is 7.95. The fourth-order valence-electron chi connectivity index (χ4n) is 1.53. The molecule has 1 atom stereocenters. The lowest BCUT2D eigenvalue weighted by Crippen LogP contribution is -2.49. The highest BCUT2D eigenvalue weighted by atomic mass is 16.2. The molecule has 0 aliphatic carbocycles. The number of hydrogen-bond acceptors (Lipinski definition) is 2. The van der Waals surface area contributed by atoms with Gasteiger partial charge in [0.1, 0.15) is 0 Å². The number of benzene rings is 1. The maximum absolute atomic E-state index is 11.8. The van der Waals surface area contributed by atoms with Crippen molar-refractivity contribution in [3.63, 3.8) is 0 Å². The van der Waals surface area contributed by atoms with Crippen LogP contribution in [0.5, 0.6) is 0 Å². The topological polar surface area (TPSA) is 55.1 Å². The van der Waals surface area contributed by atoms with Gasteiger partial charge in [-0.3, -0.25) is 4.79 Å². The number of rotatable bonds is 3. The Balaban J connectivity index is 2.57. The van der Waals surface area contributed by atoms with E-state index < -0.39 is 6.04 Å². The number of carbonyl (C=O) groups is 1. The van der Waals surface area contributed by atoms with Gasteiger partial charge in [-0.15, -0.1) is 0 Å².